The van der Waals surface area contributed by atoms with E-state index in [0.717, 1.165) is 5.56 Å². The van der Waals surface area contributed by atoms with Crippen molar-refractivity contribution >= 4 is 5.97 Å². The first-order valence-corrected chi connectivity index (χ1v) is 8.40. The molecule has 1 fully saturated rings. The molecule has 1 aromatic carbocycles. The third-order valence-electron chi connectivity index (χ3n) is 4.10. The second-order valence-electron chi connectivity index (χ2n) is 6.46. The third-order valence-corrected chi connectivity index (χ3v) is 4.10. The highest BCUT2D eigenvalue weighted by Gasteiger charge is 2.34. The largest absolute Gasteiger partial charge is 0.508 e. The topological polar surface area (TPSA) is 76.0 Å². The number of rotatable bonds is 7. The Bertz CT molecular complexity index is 567. The summed E-state index contributed by atoms with van der Waals surface area (Å²) in [6.07, 6.45) is 4.68. The number of benzene rings is 1. The van der Waals surface area contributed by atoms with Crippen molar-refractivity contribution in [2.24, 2.45) is 11.8 Å². The van der Waals surface area contributed by atoms with Gasteiger partial charge in [0, 0.05) is 23.8 Å². The first kappa shape index (κ1) is 18.5. The van der Waals surface area contributed by atoms with Crippen LogP contribution in [0.2, 0.25) is 0 Å². The molecule has 5 heteroatoms. The van der Waals surface area contributed by atoms with Crippen molar-refractivity contribution in [2.45, 2.75) is 45.5 Å². The van der Waals surface area contributed by atoms with E-state index in [-0.39, 0.29) is 36.4 Å². The van der Waals surface area contributed by atoms with Crippen molar-refractivity contribution in [3.63, 3.8) is 0 Å². The van der Waals surface area contributed by atoms with Gasteiger partial charge in [-0.1, -0.05) is 44.2 Å². The molecule has 1 heterocycles. The van der Waals surface area contributed by atoms with Gasteiger partial charge in [0.2, 0.25) is 0 Å². The Balaban J connectivity index is 2.07. The van der Waals surface area contributed by atoms with Crippen LogP contribution in [-0.4, -0.2) is 29.1 Å². The van der Waals surface area contributed by atoms with Crippen LogP contribution in [0.4, 0.5) is 0 Å². The lowest BCUT2D eigenvalue weighted by atomic mass is 9.91. The highest BCUT2D eigenvalue weighted by atomic mass is 16.7. The van der Waals surface area contributed by atoms with Gasteiger partial charge in [-0.25, -0.2) is 0 Å². The van der Waals surface area contributed by atoms with Gasteiger partial charge in [0.05, 0.1) is 12.7 Å². The molecule has 0 amide bonds. The molecule has 0 aliphatic carbocycles. The molecular formula is C19H26O5. The molecule has 5 nitrogen and oxygen atoms in total. The maximum Gasteiger partial charge on any atom is 0.303 e. The normalized spacial score (nSPS) is 24.5. The van der Waals surface area contributed by atoms with Crippen LogP contribution in [0.5, 0.6) is 5.75 Å². The Morgan fingerprint density at radius 3 is 2.75 bits per heavy atom. The first-order valence-electron chi connectivity index (χ1n) is 8.40. The van der Waals surface area contributed by atoms with E-state index in [0.29, 0.717) is 19.4 Å². The van der Waals surface area contributed by atoms with E-state index in [4.69, 9.17) is 14.6 Å². The lowest BCUT2D eigenvalue weighted by Gasteiger charge is -2.38. The average molecular weight is 334 g/mol. The maximum absolute atomic E-state index is 10.5. The Hall–Kier alpha value is -1.85. The molecule has 0 bridgehead atoms. The molecule has 0 radical (unpaired) electrons. The summed E-state index contributed by atoms with van der Waals surface area (Å²) in [4.78, 5) is 10.5. The number of ether oxygens (including phenoxy) is 2. The number of aliphatic carboxylic acids is 1. The molecule has 1 aromatic rings. The van der Waals surface area contributed by atoms with Crippen molar-refractivity contribution in [3.05, 3.63) is 42.0 Å². The van der Waals surface area contributed by atoms with Gasteiger partial charge in [-0.3, -0.25) is 4.79 Å². The summed E-state index contributed by atoms with van der Waals surface area (Å²) in [6, 6.07) is 7.22. The van der Waals surface area contributed by atoms with Gasteiger partial charge in [-0.15, -0.1) is 0 Å². The number of allylic oxidation sites excluding steroid dienone is 2. The minimum atomic E-state index is -0.796. The lowest BCUT2D eigenvalue weighted by molar-refractivity contribution is -0.255. The number of phenols is 1. The highest BCUT2D eigenvalue weighted by molar-refractivity contribution is 5.66. The number of hydrogen-bond donors (Lipinski definition) is 2. The number of hydrogen-bond acceptors (Lipinski definition) is 4. The van der Waals surface area contributed by atoms with E-state index < -0.39 is 5.97 Å². The number of carbonyl (C=O) groups is 1. The average Bonchev–Trinajstić information content (AvgIpc) is 2.55. The van der Waals surface area contributed by atoms with Crippen molar-refractivity contribution < 1.29 is 24.5 Å². The molecule has 1 aliphatic heterocycles. The second-order valence-corrected chi connectivity index (χ2v) is 6.46. The monoisotopic (exact) mass is 334 g/mol. The Morgan fingerprint density at radius 1 is 1.33 bits per heavy atom. The Morgan fingerprint density at radius 2 is 2.08 bits per heavy atom. The number of carboxylic acids is 1. The van der Waals surface area contributed by atoms with Crippen LogP contribution in [0.25, 0.3) is 0 Å². The summed E-state index contributed by atoms with van der Waals surface area (Å²) < 4.78 is 11.9. The molecule has 0 unspecified atom stereocenters. The predicted molar refractivity (Wildman–Crippen MR) is 90.6 cm³/mol. The number of phenolic OH excluding ortho intramolecular Hbond substituents is 1. The molecule has 3 atom stereocenters. The van der Waals surface area contributed by atoms with Crippen LogP contribution in [0, 0.1) is 11.8 Å². The summed E-state index contributed by atoms with van der Waals surface area (Å²) in [5, 5.41) is 18.8. The predicted octanol–water partition coefficient (Wildman–Crippen LogP) is 3.89. The fourth-order valence-electron chi connectivity index (χ4n) is 2.79. The van der Waals surface area contributed by atoms with Crippen LogP contribution in [0.3, 0.4) is 0 Å². The molecule has 1 aliphatic rings. The van der Waals surface area contributed by atoms with Crippen LogP contribution in [0.15, 0.2) is 36.4 Å². The minimum Gasteiger partial charge on any atom is -0.508 e. The Labute approximate surface area is 142 Å². The maximum atomic E-state index is 10.5. The van der Waals surface area contributed by atoms with Gasteiger partial charge in [-0.05, 0) is 18.9 Å². The number of para-hydroxylation sites is 1. The smallest absolute Gasteiger partial charge is 0.303 e. The van der Waals surface area contributed by atoms with E-state index in [1.165, 1.54) is 0 Å². The minimum absolute atomic E-state index is 0.0781. The van der Waals surface area contributed by atoms with E-state index in [1.807, 2.05) is 38.1 Å². The molecule has 2 N–H and O–H groups in total. The second kappa shape index (κ2) is 8.85. The fourth-order valence-corrected chi connectivity index (χ4v) is 2.79. The molecule has 0 saturated carbocycles. The van der Waals surface area contributed by atoms with Gasteiger partial charge >= 0.3 is 5.97 Å². The summed E-state index contributed by atoms with van der Waals surface area (Å²) in [5.74, 6) is -0.262. The zero-order valence-corrected chi connectivity index (χ0v) is 14.2. The van der Waals surface area contributed by atoms with Crippen molar-refractivity contribution in [1.29, 1.82) is 0 Å². The van der Waals surface area contributed by atoms with E-state index in [2.05, 4.69) is 0 Å². The van der Waals surface area contributed by atoms with Gasteiger partial charge in [0.25, 0.3) is 0 Å². The fraction of sp³-hybridized carbons (Fsp3) is 0.526. The zero-order chi connectivity index (χ0) is 17.5. The lowest BCUT2D eigenvalue weighted by Crippen LogP contribution is -2.37. The van der Waals surface area contributed by atoms with Crippen LogP contribution >= 0.6 is 0 Å². The molecule has 2 rings (SSSR count). The summed E-state index contributed by atoms with van der Waals surface area (Å²) in [5.41, 5.74) is 0.774. The Kier molecular flexibility index (Phi) is 6.82. The first-order chi connectivity index (χ1) is 11.5. The van der Waals surface area contributed by atoms with Gasteiger partial charge in [-0.2, -0.15) is 0 Å². The van der Waals surface area contributed by atoms with Crippen LogP contribution in [0.1, 0.15) is 44.8 Å². The van der Waals surface area contributed by atoms with Gasteiger partial charge in [0.15, 0.2) is 6.29 Å². The highest BCUT2D eigenvalue weighted by Crippen LogP contribution is 2.39. The molecule has 1 saturated heterocycles. The van der Waals surface area contributed by atoms with Gasteiger partial charge in [0.1, 0.15) is 5.75 Å². The van der Waals surface area contributed by atoms with Crippen LogP contribution < -0.4 is 0 Å². The van der Waals surface area contributed by atoms with E-state index in [9.17, 15) is 9.90 Å². The van der Waals surface area contributed by atoms with Crippen molar-refractivity contribution in [1.82, 2.24) is 0 Å². The quantitative estimate of drug-likeness (QED) is 0.740. The number of aromatic hydroxyl groups is 1. The van der Waals surface area contributed by atoms with Gasteiger partial charge < -0.3 is 19.7 Å². The van der Waals surface area contributed by atoms with E-state index >= 15 is 0 Å². The number of carboxylic acid groups (broad SMARTS) is 1. The summed E-state index contributed by atoms with van der Waals surface area (Å²) in [6.45, 7) is 4.63. The molecule has 132 valence electrons. The molecule has 0 aromatic heterocycles. The zero-order valence-electron chi connectivity index (χ0n) is 14.2. The van der Waals surface area contributed by atoms with Crippen LogP contribution in [-0.2, 0) is 14.3 Å². The SMILES string of the molecule is CC(C)[C@H]1OC[C@@H](C/C=C\CCC(=O)O)[C@@H](c2ccccc2O)O1. The molecule has 24 heavy (non-hydrogen) atoms. The van der Waals surface area contributed by atoms with Crippen molar-refractivity contribution in [2.75, 3.05) is 6.61 Å². The summed E-state index contributed by atoms with van der Waals surface area (Å²) >= 11 is 0. The third kappa shape index (κ3) is 5.08. The molecule has 0 spiro atoms. The van der Waals surface area contributed by atoms with E-state index in [1.54, 1.807) is 12.1 Å². The standard InChI is InChI=1S/C19H26O5/c1-13(2)19-23-12-14(8-4-3-5-11-17(21)22)18(24-19)15-9-6-7-10-16(15)20/h3-4,6-7,9-10,13-14,18-20H,5,8,11-12H2,1-2H3,(H,21,22)/b4-3-/t14-,18+,19+/m1/s1. The molecular weight excluding hydrogens is 308 g/mol. The van der Waals surface area contributed by atoms with Crippen molar-refractivity contribution in [3.8, 4) is 5.75 Å². The summed E-state index contributed by atoms with van der Waals surface area (Å²) in [7, 11) is 0.